The molecule has 0 aliphatic rings. The molecule has 4 rings (SSSR count). The second-order valence-electron chi connectivity index (χ2n) is 5.08. The molecule has 118 valence electrons. The highest BCUT2D eigenvalue weighted by atomic mass is 16.4. The summed E-state index contributed by atoms with van der Waals surface area (Å²) in [6.45, 7) is 0. The van der Waals surface area contributed by atoms with Crippen LogP contribution in [0.15, 0.2) is 57.4 Å². The summed E-state index contributed by atoms with van der Waals surface area (Å²) in [5, 5.41) is 15.8. The van der Waals surface area contributed by atoms with Gasteiger partial charge in [-0.3, -0.25) is 0 Å². The van der Waals surface area contributed by atoms with Gasteiger partial charge in [0.05, 0.1) is 0 Å². The number of hydrogen-bond acceptors (Lipinski definition) is 8. The number of hydrogen-bond donors (Lipinski definition) is 2. The van der Waals surface area contributed by atoms with Gasteiger partial charge >= 0.3 is 11.8 Å². The maximum absolute atomic E-state index is 5.75. The molecule has 0 aliphatic carbocycles. The summed E-state index contributed by atoms with van der Waals surface area (Å²) < 4.78 is 11.2. The number of anilines is 2. The van der Waals surface area contributed by atoms with Gasteiger partial charge in [0.25, 0.3) is 0 Å². The van der Waals surface area contributed by atoms with Gasteiger partial charge in [0.1, 0.15) is 0 Å². The molecular weight excluding hydrogens is 308 g/mol. The molecule has 8 heteroatoms. The van der Waals surface area contributed by atoms with Crippen LogP contribution < -0.4 is 11.5 Å². The maximum Gasteiger partial charge on any atom is 0.306 e. The highest BCUT2D eigenvalue weighted by molar-refractivity contribution is 5.61. The molecule has 0 radical (unpaired) electrons. The molecule has 0 amide bonds. The normalized spacial score (nSPS) is 10.8. The number of nitrogen functional groups attached to an aromatic ring is 2. The van der Waals surface area contributed by atoms with E-state index in [0.29, 0.717) is 34.3 Å². The van der Waals surface area contributed by atoms with Crippen LogP contribution >= 0.6 is 0 Å². The SMILES string of the molecule is Nc1cccc(-c2nnc(-c3nnc(-c4cccc(N)c4)o3)o2)c1. The Labute approximate surface area is 136 Å². The molecule has 4 N–H and O–H groups in total. The molecule has 0 saturated heterocycles. The van der Waals surface area contributed by atoms with Crippen LogP contribution in [0.2, 0.25) is 0 Å². The van der Waals surface area contributed by atoms with E-state index in [1.165, 1.54) is 0 Å². The van der Waals surface area contributed by atoms with Crippen molar-refractivity contribution in [3.63, 3.8) is 0 Å². The first kappa shape index (κ1) is 13.9. The third-order valence-corrected chi connectivity index (χ3v) is 3.30. The first-order chi connectivity index (χ1) is 11.7. The Hall–Kier alpha value is -3.68. The van der Waals surface area contributed by atoms with E-state index in [9.17, 15) is 0 Å². The molecule has 0 bridgehead atoms. The van der Waals surface area contributed by atoms with Crippen LogP contribution in [0.3, 0.4) is 0 Å². The summed E-state index contributed by atoms with van der Waals surface area (Å²) in [5.74, 6) is 0.909. The topological polar surface area (TPSA) is 130 Å². The standard InChI is InChI=1S/C16H12N6O2/c17-11-5-1-3-9(7-11)13-19-21-15(23-13)16-22-20-14(24-16)10-4-2-6-12(18)8-10/h1-8H,17-18H2. The lowest BCUT2D eigenvalue weighted by Gasteiger charge is -1.96. The molecule has 4 aromatic rings. The molecule has 0 spiro atoms. The minimum atomic E-state index is 0.134. The van der Waals surface area contributed by atoms with Crippen molar-refractivity contribution in [2.75, 3.05) is 11.5 Å². The predicted molar refractivity (Wildman–Crippen MR) is 87.3 cm³/mol. The average molecular weight is 320 g/mol. The van der Waals surface area contributed by atoms with Crippen molar-refractivity contribution < 1.29 is 8.83 Å². The van der Waals surface area contributed by atoms with Crippen LogP contribution in [-0.2, 0) is 0 Å². The highest BCUT2D eigenvalue weighted by Crippen LogP contribution is 2.27. The van der Waals surface area contributed by atoms with Crippen LogP contribution in [0, 0.1) is 0 Å². The number of aromatic nitrogens is 4. The third-order valence-electron chi connectivity index (χ3n) is 3.30. The first-order valence-electron chi connectivity index (χ1n) is 7.08. The lowest BCUT2D eigenvalue weighted by atomic mass is 10.2. The molecule has 0 atom stereocenters. The van der Waals surface area contributed by atoms with Gasteiger partial charge in [0, 0.05) is 22.5 Å². The van der Waals surface area contributed by atoms with E-state index in [-0.39, 0.29) is 11.8 Å². The summed E-state index contributed by atoms with van der Waals surface area (Å²) >= 11 is 0. The minimum absolute atomic E-state index is 0.134. The van der Waals surface area contributed by atoms with Gasteiger partial charge in [-0.1, -0.05) is 12.1 Å². The molecule has 0 aliphatic heterocycles. The summed E-state index contributed by atoms with van der Waals surface area (Å²) in [7, 11) is 0. The second kappa shape index (κ2) is 5.51. The average Bonchev–Trinajstić information content (AvgIpc) is 3.24. The summed E-state index contributed by atoms with van der Waals surface area (Å²) in [6, 6.07) is 14.3. The lowest BCUT2D eigenvalue weighted by Crippen LogP contribution is -1.84. The number of rotatable bonds is 3. The van der Waals surface area contributed by atoms with Crippen molar-refractivity contribution in [1.82, 2.24) is 20.4 Å². The summed E-state index contributed by atoms with van der Waals surface area (Å²) in [6.07, 6.45) is 0. The van der Waals surface area contributed by atoms with Gasteiger partial charge in [-0.05, 0) is 36.4 Å². The second-order valence-corrected chi connectivity index (χ2v) is 5.08. The van der Waals surface area contributed by atoms with Crippen molar-refractivity contribution in [2.24, 2.45) is 0 Å². The van der Waals surface area contributed by atoms with Crippen LogP contribution in [0.1, 0.15) is 0 Å². The van der Waals surface area contributed by atoms with Crippen LogP contribution in [0.25, 0.3) is 34.7 Å². The molecule has 2 aromatic heterocycles. The highest BCUT2D eigenvalue weighted by Gasteiger charge is 2.17. The summed E-state index contributed by atoms with van der Waals surface area (Å²) in [4.78, 5) is 0. The zero-order valence-corrected chi connectivity index (χ0v) is 12.4. The van der Waals surface area contributed by atoms with Crippen molar-refractivity contribution >= 4 is 11.4 Å². The minimum Gasteiger partial charge on any atom is -0.412 e. The maximum atomic E-state index is 5.75. The van der Waals surface area contributed by atoms with Crippen LogP contribution in [-0.4, -0.2) is 20.4 Å². The number of nitrogens with zero attached hydrogens (tertiary/aromatic N) is 4. The van der Waals surface area contributed by atoms with Crippen molar-refractivity contribution in [2.45, 2.75) is 0 Å². The fourth-order valence-corrected chi connectivity index (χ4v) is 2.20. The Bertz CT molecular complexity index is 925. The van der Waals surface area contributed by atoms with Gasteiger partial charge in [-0.2, -0.15) is 0 Å². The molecule has 2 aromatic carbocycles. The zero-order chi connectivity index (χ0) is 16.5. The first-order valence-corrected chi connectivity index (χ1v) is 7.08. The molecule has 2 heterocycles. The smallest absolute Gasteiger partial charge is 0.306 e. The molecule has 8 nitrogen and oxygen atoms in total. The van der Waals surface area contributed by atoms with E-state index < -0.39 is 0 Å². The lowest BCUT2D eigenvalue weighted by molar-refractivity contribution is 0.522. The van der Waals surface area contributed by atoms with Gasteiger partial charge in [0.15, 0.2) is 0 Å². The van der Waals surface area contributed by atoms with Crippen LogP contribution in [0.4, 0.5) is 11.4 Å². The van der Waals surface area contributed by atoms with E-state index in [0.717, 1.165) is 0 Å². The van der Waals surface area contributed by atoms with E-state index in [1.54, 1.807) is 36.4 Å². The molecule has 24 heavy (non-hydrogen) atoms. The molecule has 0 fully saturated rings. The van der Waals surface area contributed by atoms with Crippen molar-refractivity contribution in [1.29, 1.82) is 0 Å². The Kier molecular flexibility index (Phi) is 3.20. The Balaban J connectivity index is 1.66. The largest absolute Gasteiger partial charge is 0.412 e. The fourth-order valence-electron chi connectivity index (χ4n) is 2.20. The summed E-state index contributed by atoms with van der Waals surface area (Å²) in [5.41, 5.74) is 14.1. The van der Waals surface area contributed by atoms with Crippen LogP contribution in [0.5, 0.6) is 0 Å². The fraction of sp³-hybridized carbons (Fsp3) is 0. The molecule has 0 saturated carbocycles. The van der Waals surface area contributed by atoms with E-state index in [4.69, 9.17) is 20.3 Å². The van der Waals surface area contributed by atoms with E-state index >= 15 is 0 Å². The number of nitrogens with two attached hydrogens (primary N) is 2. The van der Waals surface area contributed by atoms with Crippen molar-refractivity contribution in [3.8, 4) is 34.7 Å². The van der Waals surface area contributed by atoms with E-state index in [2.05, 4.69) is 20.4 Å². The monoisotopic (exact) mass is 320 g/mol. The quantitative estimate of drug-likeness (QED) is 0.551. The molecular formula is C16H12N6O2. The Morgan fingerprint density at radius 1 is 0.583 bits per heavy atom. The Morgan fingerprint density at radius 2 is 1.00 bits per heavy atom. The van der Waals surface area contributed by atoms with Crippen molar-refractivity contribution in [3.05, 3.63) is 48.5 Å². The molecule has 0 unspecified atom stereocenters. The Morgan fingerprint density at radius 3 is 1.42 bits per heavy atom. The predicted octanol–water partition coefficient (Wildman–Crippen LogP) is 2.62. The van der Waals surface area contributed by atoms with Gasteiger partial charge in [-0.15, -0.1) is 20.4 Å². The third kappa shape index (κ3) is 2.56. The zero-order valence-electron chi connectivity index (χ0n) is 12.4. The van der Waals surface area contributed by atoms with Gasteiger partial charge in [-0.25, -0.2) is 0 Å². The van der Waals surface area contributed by atoms with Gasteiger partial charge < -0.3 is 20.3 Å². The number of benzene rings is 2. The van der Waals surface area contributed by atoms with Gasteiger partial charge in [0.2, 0.25) is 11.8 Å². The van der Waals surface area contributed by atoms with E-state index in [1.807, 2.05) is 12.1 Å².